The van der Waals surface area contributed by atoms with E-state index in [0.29, 0.717) is 5.92 Å². The van der Waals surface area contributed by atoms with Crippen LogP contribution in [0, 0.1) is 23.0 Å². The third-order valence-corrected chi connectivity index (χ3v) is 4.19. The Bertz CT molecular complexity index is 679. The largest absolute Gasteiger partial charge is 0.384 e. The average Bonchev–Trinajstić information content (AvgIpc) is 2.97. The average molecular weight is 285 g/mol. The first-order chi connectivity index (χ1) is 10.1. The molecule has 1 N–H and O–H groups in total. The smallest absolute Gasteiger partial charge is 0.270 e. The first-order valence-electron chi connectivity index (χ1n) is 7.43. The lowest BCUT2D eigenvalue weighted by atomic mass is 10.1. The molecule has 1 saturated carbocycles. The van der Waals surface area contributed by atoms with Crippen molar-refractivity contribution in [2.75, 3.05) is 11.9 Å². The molecule has 1 aliphatic rings. The first kappa shape index (κ1) is 13.8. The molecule has 3 rings (SSSR count). The van der Waals surface area contributed by atoms with Crippen LogP contribution in [0.2, 0.25) is 0 Å². The number of rotatable bonds is 4. The van der Waals surface area contributed by atoms with E-state index in [1.807, 2.05) is 13.0 Å². The molecule has 1 aromatic heterocycles. The maximum atomic E-state index is 11.0. The molecule has 2 aromatic rings. The van der Waals surface area contributed by atoms with Gasteiger partial charge in [0.05, 0.1) is 10.4 Å². The van der Waals surface area contributed by atoms with Gasteiger partial charge in [-0.25, -0.2) is 0 Å². The summed E-state index contributed by atoms with van der Waals surface area (Å²) in [5.74, 6) is 0.715. The minimum atomic E-state index is -0.361. The van der Waals surface area contributed by atoms with Crippen molar-refractivity contribution in [3.8, 4) is 0 Å². The van der Waals surface area contributed by atoms with Gasteiger partial charge in [0.15, 0.2) is 0 Å². The maximum Gasteiger partial charge on any atom is 0.270 e. The molecule has 110 valence electrons. The number of benzene rings is 1. The number of fused-ring (bicyclic) bond motifs is 1. The Morgan fingerprint density at radius 1 is 1.33 bits per heavy atom. The molecule has 5 heteroatoms. The number of pyridine rings is 1. The number of nitro groups is 1. The van der Waals surface area contributed by atoms with E-state index in [1.54, 1.807) is 12.1 Å². The lowest BCUT2D eigenvalue weighted by Crippen LogP contribution is -2.11. The quantitative estimate of drug-likeness (QED) is 0.679. The van der Waals surface area contributed by atoms with Crippen LogP contribution in [0.3, 0.4) is 0 Å². The molecule has 0 atom stereocenters. The van der Waals surface area contributed by atoms with Gasteiger partial charge in [0.2, 0.25) is 0 Å². The summed E-state index contributed by atoms with van der Waals surface area (Å²) in [4.78, 5) is 15.0. The summed E-state index contributed by atoms with van der Waals surface area (Å²) in [6.45, 7) is 2.88. The van der Waals surface area contributed by atoms with Crippen molar-refractivity contribution in [3.63, 3.8) is 0 Å². The summed E-state index contributed by atoms with van der Waals surface area (Å²) in [6.07, 6.45) is 5.17. The van der Waals surface area contributed by atoms with E-state index >= 15 is 0 Å². The van der Waals surface area contributed by atoms with Gasteiger partial charge in [0.1, 0.15) is 0 Å². The Kier molecular flexibility index (Phi) is 3.73. The van der Waals surface area contributed by atoms with Crippen molar-refractivity contribution in [2.24, 2.45) is 5.92 Å². The summed E-state index contributed by atoms with van der Waals surface area (Å²) in [6, 6.07) is 6.82. The zero-order valence-electron chi connectivity index (χ0n) is 12.1. The number of hydrogen-bond donors (Lipinski definition) is 1. The van der Waals surface area contributed by atoms with Gasteiger partial charge in [-0.15, -0.1) is 0 Å². The molecule has 1 aliphatic carbocycles. The third kappa shape index (κ3) is 2.96. The number of aromatic nitrogens is 1. The summed E-state index contributed by atoms with van der Waals surface area (Å²) < 4.78 is 0. The number of aryl methyl sites for hydroxylation is 1. The van der Waals surface area contributed by atoms with Crippen LogP contribution < -0.4 is 5.32 Å². The van der Waals surface area contributed by atoms with Crippen LogP contribution in [0.4, 0.5) is 11.4 Å². The van der Waals surface area contributed by atoms with Crippen molar-refractivity contribution in [1.82, 2.24) is 4.98 Å². The highest BCUT2D eigenvalue weighted by Gasteiger charge is 2.16. The number of nitrogens with one attached hydrogen (secondary N) is 1. The number of hydrogen-bond acceptors (Lipinski definition) is 4. The van der Waals surface area contributed by atoms with E-state index < -0.39 is 0 Å². The second-order valence-corrected chi connectivity index (χ2v) is 5.80. The molecule has 1 aromatic carbocycles. The minimum Gasteiger partial charge on any atom is -0.384 e. The standard InChI is InChI=1S/C16H19N3O2/c1-11-8-16(17-10-12-4-2-3-5-12)14-9-13(19(20)21)6-7-15(14)18-11/h6-9,12H,2-5,10H2,1H3,(H,17,18). The fourth-order valence-corrected chi connectivity index (χ4v) is 3.07. The van der Waals surface area contributed by atoms with Crippen LogP contribution in [0.1, 0.15) is 31.4 Å². The highest BCUT2D eigenvalue weighted by Crippen LogP contribution is 2.29. The van der Waals surface area contributed by atoms with Gasteiger partial charge in [-0.3, -0.25) is 15.1 Å². The molecule has 0 unspecified atom stereocenters. The monoisotopic (exact) mass is 285 g/mol. The van der Waals surface area contributed by atoms with Crippen molar-refractivity contribution >= 4 is 22.3 Å². The Labute approximate surface area is 123 Å². The Morgan fingerprint density at radius 3 is 2.81 bits per heavy atom. The van der Waals surface area contributed by atoms with Gasteiger partial charge < -0.3 is 5.32 Å². The third-order valence-electron chi connectivity index (χ3n) is 4.19. The van der Waals surface area contributed by atoms with Gasteiger partial charge >= 0.3 is 0 Å². The van der Waals surface area contributed by atoms with Crippen molar-refractivity contribution in [3.05, 3.63) is 40.1 Å². The zero-order valence-corrected chi connectivity index (χ0v) is 12.1. The number of non-ortho nitro benzene ring substituents is 1. The molecule has 0 radical (unpaired) electrons. The van der Waals surface area contributed by atoms with Gasteiger partial charge in [-0.2, -0.15) is 0 Å². The molecule has 1 fully saturated rings. The lowest BCUT2D eigenvalue weighted by Gasteiger charge is -2.14. The van der Waals surface area contributed by atoms with E-state index in [2.05, 4.69) is 10.3 Å². The summed E-state index contributed by atoms with van der Waals surface area (Å²) in [5, 5.41) is 15.3. The number of anilines is 1. The van der Waals surface area contributed by atoms with E-state index in [9.17, 15) is 10.1 Å². The normalized spacial score (nSPS) is 15.5. The van der Waals surface area contributed by atoms with Gasteiger partial charge in [0.25, 0.3) is 5.69 Å². The first-order valence-corrected chi connectivity index (χ1v) is 7.43. The molecular weight excluding hydrogens is 266 g/mol. The molecule has 21 heavy (non-hydrogen) atoms. The summed E-state index contributed by atoms with van der Waals surface area (Å²) in [7, 11) is 0. The summed E-state index contributed by atoms with van der Waals surface area (Å²) >= 11 is 0. The van der Waals surface area contributed by atoms with Gasteiger partial charge in [-0.1, -0.05) is 12.8 Å². The Morgan fingerprint density at radius 2 is 2.10 bits per heavy atom. The Hall–Kier alpha value is -2.17. The van der Waals surface area contributed by atoms with Crippen LogP contribution in [0.25, 0.3) is 10.9 Å². The van der Waals surface area contributed by atoms with Gasteiger partial charge in [-0.05, 0) is 37.8 Å². The highest BCUT2D eigenvalue weighted by atomic mass is 16.6. The molecule has 0 aliphatic heterocycles. The number of nitrogens with zero attached hydrogens (tertiary/aromatic N) is 2. The maximum absolute atomic E-state index is 11.0. The second kappa shape index (κ2) is 5.68. The van der Waals surface area contributed by atoms with E-state index in [4.69, 9.17) is 0 Å². The van der Waals surface area contributed by atoms with E-state index in [-0.39, 0.29) is 10.6 Å². The SMILES string of the molecule is Cc1cc(NCC2CCCC2)c2cc([N+](=O)[O-])ccc2n1. The fourth-order valence-electron chi connectivity index (χ4n) is 3.07. The van der Waals surface area contributed by atoms with E-state index in [1.165, 1.54) is 31.7 Å². The van der Waals surface area contributed by atoms with Crippen molar-refractivity contribution in [2.45, 2.75) is 32.6 Å². The van der Waals surface area contributed by atoms with Crippen molar-refractivity contribution < 1.29 is 4.92 Å². The highest BCUT2D eigenvalue weighted by molar-refractivity contribution is 5.93. The minimum absolute atomic E-state index is 0.108. The molecule has 0 spiro atoms. The topological polar surface area (TPSA) is 68.1 Å². The number of nitro benzene ring substituents is 1. The zero-order chi connectivity index (χ0) is 14.8. The van der Waals surface area contributed by atoms with E-state index in [0.717, 1.165) is 28.8 Å². The fraction of sp³-hybridized carbons (Fsp3) is 0.438. The van der Waals surface area contributed by atoms with Crippen LogP contribution in [-0.4, -0.2) is 16.5 Å². The Balaban J connectivity index is 1.94. The van der Waals surface area contributed by atoms with Crippen molar-refractivity contribution in [1.29, 1.82) is 0 Å². The van der Waals surface area contributed by atoms with Crippen LogP contribution in [0.5, 0.6) is 0 Å². The predicted molar refractivity (Wildman–Crippen MR) is 83.6 cm³/mol. The van der Waals surface area contributed by atoms with Crippen LogP contribution in [-0.2, 0) is 0 Å². The van der Waals surface area contributed by atoms with Crippen LogP contribution >= 0.6 is 0 Å². The molecule has 1 heterocycles. The molecule has 5 nitrogen and oxygen atoms in total. The molecule has 0 amide bonds. The second-order valence-electron chi connectivity index (χ2n) is 5.80. The lowest BCUT2D eigenvalue weighted by molar-refractivity contribution is -0.384. The molecule has 0 saturated heterocycles. The molecule has 0 bridgehead atoms. The summed E-state index contributed by atoms with van der Waals surface area (Å²) in [5.41, 5.74) is 2.78. The molecular formula is C16H19N3O2. The van der Waals surface area contributed by atoms with Crippen LogP contribution in [0.15, 0.2) is 24.3 Å². The van der Waals surface area contributed by atoms with Gasteiger partial charge in [0, 0.05) is 35.4 Å². The predicted octanol–water partition coefficient (Wildman–Crippen LogP) is 4.05.